The van der Waals surface area contributed by atoms with Crippen molar-refractivity contribution in [2.75, 3.05) is 32.8 Å². The summed E-state index contributed by atoms with van der Waals surface area (Å²) in [5.41, 5.74) is 0. The summed E-state index contributed by atoms with van der Waals surface area (Å²) in [6.07, 6.45) is 2.64. The monoisotopic (exact) mass is 334 g/mol. The standard InChI is InChI=1S/C17H22N2O3S/c1-11(20)15-4-5-16(23-15)17(21)18-6-7-19-13(8-18)9-22-10-14(19)12-2-3-12/h4-5,12-14H,2-3,6-10H2,1H3/t13-,14-/m1/s1. The van der Waals surface area contributed by atoms with E-state index in [4.69, 9.17) is 4.74 Å². The molecule has 0 radical (unpaired) electrons. The molecule has 1 aromatic heterocycles. The van der Waals surface area contributed by atoms with E-state index in [0.717, 1.165) is 38.8 Å². The zero-order valence-electron chi connectivity index (χ0n) is 13.4. The number of carbonyl (C=O) groups excluding carboxylic acids is 2. The minimum Gasteiger partial charge on any atom is -0.378 e. The highest BCUT2D eigenvalue weighted by molar-refractivity contribution is 7.15. The van der Waals surface area contributed by atoms with E-state index in [-0.39, 0.29) is 11.7 Å². The van der Waals surface area contributed by atoms with Crippen LogP contribution in [0.15, 0.2) is 12.1 Å². The van der Waals surface area contributed by atoms with Gasteiger partial charge in [0.25, 0.3) is 5.91 Å². The first-order valence-electron chi connectivity index (χ1n) is 8.37. The third-order valence-corrected chi connectivity index (χ3v) is 6.34. The lowest BCUT2D eigenvalue weighted by atomic mass is 10.0. The fraction of sp³-hybridized carbons (Fsp3) is 0.647. The molecule has 2 saturated heterocycles. The maximum absolute atomic E-state index is 12.7. The topological polar surface area (TPSA) is 49.9 Å². The van der Waals surface area contributed by atoms with E-state index in [0.29, 0.717) is 21.8 Å². The lowest BCUT2D eigenvalue weighted by molar-refractivity contribution is -0.0815. The number of morpholine rings is 1. The smallest absolute Gasteiger partial charge is 0.264 e. The molecule has 4 rings (SSSR count). The molecule has 1 aliphatic carbocycles. The van der Waals surface area contributed by atoms with Crippen molar-refractivity contribution >= 4 is 23.0 Å². The molecular formula is C17H22N2O3S. The Kier molecular flexibility index (Phi) is 3.99. The second-order valence-corrected chi connectivity index (χ2v) is 7.89. The highest BCUT2D eigenvalue weighted by atomic mass is 32.1. The number of rotatable bonds is 3. The van der Waals surface area contributed by atoms with Crippen LogP contribution in [0, 0.1) is 5.92 Å². The number of ketones is 1. The lowest BCUT2D eigenvalue weighted by Gasteiger charge is -2.48. The molecule has 0 bridgehead atoms. The van der Waals surface area contributed by atoms with Crippen LogP contribution in [0.5, 0.6) is 0 Å². The largest absolute Gasteiger partial charge is 0.378 e. The molecule has 1 amide bonds. The predicted molar refractivity (Wildman–Crippen MR) is 88.1 cm³/mol. The van der Waals surface area contributed by atoms with Gasteiger partial charge in [0.15, 0.2) is 5.78 Å². The van der Waals surface area contributed by atoms with Crippen LogP contribution in [-0.4, -0.2) is 66.4 Å². The van der Waals surface area contributed by atoms with Gasteiger partial charge in [-0.2, -0.15) is 0 Å². The number of amides is 1. The Bertz CT molecular complexity index is 625. The number of nitrogens with zero attached hydrogens (tertiary/aromatic N) is 2. The predicted octanol–water partition coefficient (Wildman–Crippen LogP) is 1.89. The number of hydrogen-bond donors (Lipinski definition) is 0. The van der Waals surface area contributed by atoms with Crippen molar-refractivity contribution in [3.8, 4) is 0 Å². The van der Waals surface area contributed by atoms with Gasteiger partial charge in [-0.05, 0) is 37.8 Å². The third kappa shape index (κ3) is 2.95. The summed E-state index contributed by atoms with van der Waals surface area (Å²) in [4.78, 5) is 29.9. The molecule has 3 aliphatic rings. The molecule has 2 atom stereocenters. The van der Waals surface area contributed by atoms with Crippen molar-refractivity contribution in [1.82, 2.24) is 9.80 Å². The van der Waals surface area contributed by atoms with Crippen molar-refractivity contribution in [1.29, 1.82) is 0 Å². The minimum atomic E-state index is 0.0202. The van der Waals surface area contributed by atoms with Gasteiger partial charge in [0.2, 0.25) is 0 Å². The van der Waals surface area contributed by atoms with Crippen LogP contribution in [0.1, 0.15) is 39.1 Å². The molecule has 6 heteroatoms. The maximum atomic E-state index is 12.7. The normalized spacial score (nSPS) is 28.5. The molecule has 3 heterocycles. The molecule has 124 valence electrons. The summed E-state index contributed by atoms with van der Waals surface area (Å²) in [5.74, 6) is 0.873. The maximum Gasteiger partial charge on any atom is 0.264 e. The van der Waals surface area contributed by atoms with Gasteiger partial charge in [-0.3, -0.25) is 14.5 Å². The Morgan fingerprint density at radius 3 is 2.65 bits per heavy atom. The van der Waals surface area contributed by atoms with Crippen molar-refractivity contribution in [3.05, 3.63) is 21.9 Å². The molecule has 23 heavy (non-hydrogen) atoms. The fourth-order valence-corrected chi connectivity index (χ4v) is 4.61. The van der Waals surface area contributed by atoms with Gasteiger partial charge in [0.05, 0.1) is 29.0 Å². The van der Waals surface area contributed by atoms with Gasteiger partial charge in [-0.25, -0.2) is 0 Å². The van der Waals surface area contributed by atoms with Crippen LogP contribution in [0.2, 0.25) is 0 Å². The first-order valence-corrected chi connectivity index (χ1v) is 9.18. The zero-order chi connectivity index (χ0) is 16.0. The summed E-state index contributed by atoms with van der Waals surface area (Å²) < 4.78 is 5.80. The zero-order valence-corrected chi connectivity index (χ0v) is 14.2. The third-order valence-electron chi connectivity index (χ3n) is 5.17. The highest BCUT2D eigenvalue weighted by Gasteiger charge is 2.43. The van der Waals surface area contributed by atoms with Crippen LogP contribution >= 0.6 is 11.3 Å². The van der Waals surface area contributed by atoms with Crippen molar-refractivity contribution in [2.45, 2.75) is 31.8 Å². The number of thiophene rings is 1. The molecular weight excluding hydrogens is 312 g/mol. The summed E-state index contributed by atoms with van der Waals surface area (Å²) in [6, 6.07) is 4.40. The number of ether oxygens (including phenoxy) is 1. The summed E-state index contributed by atoms with van der Waals surface area (Å²) >= 11 is 1.30. The Hall–Kier alpha value is -1.24. The first-order chi connectivity index (χ1) is 11.1. The number of Topliss-reactive ketones (excluding diaryl/α,β-unsaturated/α-hetero) is 1. The van der Waals surface area contributed by atoms with E-state index in [1.165, 1.54) is 31.1 Å². The Morgan fingerprint density at radius 2 is 1.96 bits per heavy atom. The van der Waals surface area contributed by atoms with E-state index in [1.54, 1.807) is 12.1 Å². The van der Waals surface area contributed by atoms with Gasteiger partial charge in [0, 0.05) is 25.7 Å². The van der Waals surface area contributed by atoms with E-state index < -0.39 is 0 Å². The minimum absolute atomic E-state index is 0.0202. The molecule has 5 nitrogen and oxygen atoms in total. The van der Waals surface area contributed by atoms with Gasteiger partial charge >= 0.3 is 0 Å². The lowest BCUT2D eigenvalue weighted by Crippen LogP contribution is -2.63. The molecule has 0 aromatic carbocycles. The Balaban J connectivity index is 1.44. The fourth-order valence-electron chi connectivity index (χ4n) is 3.75. The average molecular weight is 334 g/mol. The van der Waals surface area contributed by atoms with Gasteiger partial charge in [0.1, 0.15) is 0 Å². The van der Waals surface area contributed by atoms with Crippen molar-refractivity contribution < 1.29 is 14.3 Å². The van der Waals surface area contributed by atoms with Crippen LogP contribution in [0.25, 0.3) is 0 Å². The molecule has 1 aromatic rings. The molecule has 0 N–H and O–H groups in total. The molecule has 0 spiro atoms. The summed E-state index contributed by atoms with van der Waals surface area (Å²) in [6.45, 7) is 5.54. The average Bonchev–Trinajstić information content (AvgIpc) is 3.28. The van der Waals surface area contributed by atoms with Gasteiger partial charge in [-0.1, -0.05) is 0 Å². The van der Waals surface area contributed by atoms with E-state index >= 15 is 0 Å². The van der Waals surface area contributed by atoms with E-state index in [1.807, 2.05) is 4.90 Å². The van der Waals surface area contributed by atoms with Crippen LogP contribution in [0.3, 0.4) is 0 Å². The molecule has 2 aliphatic heterocycles. The van der Waals surface area contributed by atoms with Crippen molar-refractivity contribution in [3.63, 3.8) is 0 Å². The van der Waals surface area contributed by atoms with Gasteiger partial charge in [-0.15, -0.1) is 11.3 Å². The number of hydrogen-bond acceptors (Lipinski definition) is 5. The molecule has 1 saturated carbocycles. The highest BCUT2D eigenvalue weighted by Crippen LogP contribution is 2.38. The van der Waals surface area contributed by atoms with Crippen LogP contribution < -0.4 is 0 Å². The van der Waals surface area contributed by atoms with Gasteiger partial charge < -0.3 is 9.64 Å². The number of fused-ring (bicyclic) bond motifs is 1. The summed E-state index contributed by atoms with van der Waals surface area (Å²) in [5, 5.41) is 0. The summed E-state index contributed by atoms with van der Waals surface area (Å²) in [7, 11) is 0. The Morgan fingerprint density at radius 1 is 1.17 bits per heavy atom. The first kappa shape index (κ1) is 15.3. The quantitative estimate of drug-likeness (QED) is 0.792. The van der Waals surface area contributed by atoms with Crippen LogP contribution in [0.4, 0.5) is 0 Å². The number of piperazine rings is 1. The van der Waals surface area contributed by atoms with Crippen molar-refractivity contribution in [2.24, 2.45) is 5.92 Å². The van der Waals surface area contributed by atoms with E-state index in [2.05, 4.69) is 4.90 Å². The SMILES string of the molecule is CC(=O)c1ccc(C(=O)N2CCN3[C@@H](COC[C@@H]3C3CC3)C2)s1. The van der Waals surface area contributed by atoms with Crippen LogP contribution in [-0.2, 0) is 4.74 Å². The Labute approximate surface area is 140 Å². The molecule has 3 fully saturated rings. The second-order valence-electron chi connectivity index (χ2n) is 6.81. The van der Waals surface area contributed by atoms with E-state index in [9.17, 15) is 9.59 Å². The second kappa shape index (κ2) is 6.00. The number of carbonyl (C=O) groups is 2. The molecule has 0 unspecified atom stereocenters.